The molecule has 0 radical (unpaired) electrons. The summed E-state index contributed by atoms with van der Waals surface area (Å²) in [7, 11) is 0. The third-order valence-corrected chi connectivity index (χ3v) is 3.33. The van der Waals surface area contributed by atoms with E-state index in [4.69, 9.17) is 16.3 Å². The van der Waals surface area contributed by atoms with Gasteiger partial charge in [-0.05, 0) is 42.3 Å². The van der Waals surface area contributed by atoms with Gasteiger partial charge in [-0.25, -0.2) is 4.79 Å². The Balaban J connectivity index is 2.06. The Morgan fingerprint density at radius 3 is 2.45 bits per heavy atom. The molecule has 0 unspecified atom stereocenters. The number of hydrogen-bond acceptors (Lipinski definition) is 3. The zero-order valence-corrected chi connectivity index (χ0v) is 13.1. The van der Waals surface area contributed by atoms with Crippen molar-refractivity contribution in [1.29, 1.82) is 0 Å². The number of ether oxygens (including phenoxy) is 1. The molecule has 0 bridgehead atoms. The molecule has 22 heavy (non-hydrogen) atoms. The zero-order valence-electron chi connectivity index (χ0n) is 12.4. The maximum atomic E-state index is 12.1. The van der Waals surface area contributed by atoms with Crippen LogP contribution in [0.25, 0.3) is 0 Å². The fourth-order valence-electron chi connectivity index (χ4n) is 1.83. The second kappa shape index (κ2) is 7.09. The van der Waals surface area contributed by atoms with Crippen molar-refractivity contribution < 1.29 is 14.3 Å². The average Bonchev–Trinajstić information content (AvgIpc) is 2.49. The number of amides is 1. The van der Waals surface area contributed by atoms with Crippen LogP contribution in [0.4, 0.5) is 0 Å². The summed E-state index contributed by atoms with van der Waals surface area (Å²) in [4.78, 5) is 23.0. The standard InChI is InChI=1S/C17H16ClNO3/c1-11-3-8-15(18)16(9-11)22-17(21)14-6-4-13(5-7-14)10-19-12(2)20/h3-9H,10H2,1-2H3,(H,19,20). The van der Waals surface area contributed by atoms with Crippen LogP contribution in [0, 0.1) is 6.92 Å². The summed E-state index contributed by atoms with van der Waals surface area (Å²) in [6, 6.07) is 12.1. The lowest BCUT2D eigenvalue weighted by Gasteiger charge is -2.08. The third kappa shape index (κ3) is 4.33. The highest BCUT2D eigenvalue weighted by Crippen LogP contribution is 2.26. The maximum Gasteiger partial charge on any atom is 0.343 e. The molecular weight excluding hydrogens is 302 g/mol. The first-order chi connectivity index (χ1) is 10.5. The smallest absolute Gasteiger partial charge is 0.343 e. The molecule has 0 aliphatic carbocycles. The molecule has 1 amide bonds. The van der Waals surface area contributed by atoms with Crippen LogP contribution >= 0.6 is 11.6 Å². The van der Waals surface area contributed by atoms with Crippen molar-refractivity contribution >= 4 is 23.5 Å². The van der Waals surface area contributed by atoms with Crippen LogP contribution in [0.15, 0.2) is 42.5 Å². The first kappa shape index (κ1) is 16.0. The molecule has 2 aromatic carbocycles. The first-order valence-corrected chi connectivity index (χ1v) is 7.15. The number of halogens is 1. The highest BCUT2D eigenvalue weighted by atomic mass is 35.5. The molecule has 4 nitrogen and oxygen atoms in total. The molecule has 2 aromatic rings. The topological polar surface area (TPSA) is 55.4 Å². The van der Waals surface area contributed by atoms with Gasteiger partial charge in [0.05, 0.1) is 10.6 Å². The molecule has 0 saturated carbocycles. The SMILES string of the molecule is CC(=O)NCc1ccc(C(=O)Oc2cc(C)ccc2Cl)cc1. The third-order valence-electron chi connectivity index (χ3n) is 3.02. The van der Waals surface area contributed by atoms with Crippen LogP contribution in [0.1, 0.15) is 28.4 Å². The van der Waals surface area contributed by atoms with Crippen molar-refractivity contribution in [2.24, 2.45) is 0 Å². The monoisotopic (exact) mass is 317 g/mol. The van der Waals surface area contributed by atoms with E-state index in [1.165, 1.54) is 6.92 Å². The lowest BCUT2D eigenvalue weighted by atomic mass is 10.1. The number of rotatable bonds is 4. The van der Waals surface area contributed by atoms with Gasteiger partial charge >= 0.3 is 5.97 Å². The van der Waals surface area contributed by atoms with Gasteiger partial charge in [-0.15, -0.1) is 0 Å². The van der Waals surface area contributed by atoms with Gasteiger partial charge in [0, 0.05) is 13.5 Å². The number of benzene rings is 2. The van der Waals surface area contributed by atoms with Gasteiger partial charge < -0.3 is 10.1 Å². The number of hydrogen-bond donors (Lipinski definition) is 1. The lowest BCUT2D eigenvalue weighted by molar-refractivity contribution is -0.119. The molecule has 0 heterocycles. The van der Waals surface area contributed by atoms with E-state index in [0.717, 1.165) is 11.1 Å². The Labute approximate surface area is 134 Å². The quantitative estimate of drug-likeness (QED) is 0.693. The number of carbonyl (C=O) groups is 2. The Morgan fingerprint density at radius 2 is 1.82 bits per heavy atom. The minimum atomic E-state index is -0.474. The van der Waals surface area contributed by atoms with Crippen LogP contribution in [-0.4, -0.2) is 11.9 Å². The van der Waals surface area contributed by atoms with E-state index < -0.39 is 5.97 Å². The summed E-state index contributed by atoms with van der Waals surface area (Å²) >= 11 is 6.01. The summed E-state index contributed by atoms with van der Waals surface area (Å²) in [6.45, 7) is 3.77. The van der Waals surface area contributed by atoms with Crippen LogP contribution in [0.3, 0.4) is 0 Å². The van der Waals surface area contributed by atoms with Crippen molar-refractivity contribution in [1.82, 2.24) is 5.32 Å². The van der Waals surface area contributed by atoms with Gasteiger partial charge in [0.1, 0.15) is 5.75 Å². The van der Waals surface area contributed by atoms with Gasteiger partial charge in [-0.1, -0.05) is 29.8 Å². The molecule has 2 rings (SSSR count). The summed E-state index contributed by atoms with van der Waals surface area (Å²) in [5.74, 6) is -0.231. The van der Waals surface area contributed by atoms with E-state index in [1.807, 2.05) is 13.0 Å². The highest BCUT2D eigenvalue weighted by molar-refractivity contribution is 6.32. The van der Waals surface area contributed by atoms with Gasteiger partial charge in [0.25, 0.3) is 0 Å². The zero-order chi connectivity index (χ0) is 16.1. The van der Waals surface area contributed by atoms with E-state index in [9.17, 15) is 9.59 Å². The fourth-order valence-corrected chi connectivity index (χ4v) is 1.99. The van der Waals surface area contributed by atoms with E-state index >= 15 is 0 Å². The molecule has 0 spiro atoms. The molecule has 0 saturated heterocycles. The Kier molecular flexibility index (Phi) is 5.17. The number of aryl methyl sites for hydroxylation is 1. The molecule has 5 heteroatoms. The van der Waals surface area contributed by atoms with E-state index in [0.29, 0.717) is 22.9 Å². The van der Waals surface area contributed by atoms with Crippen molar-refractivity contribution in [2.75, 3.05) is 0 Å². The summed E-state index contributed by atoms with van der Waals surface area (Å²) in [5.41, 5.74) is 2.28. The molecule has 0 atom stereocenters. The van der Waals surface area contributed by atoms with E-state index in [2.05, 4.69) is 5.32 Å². The fraction of sp³-hybridized carbons (Fsp3) is 0.176. The Morgan fingerprint density at radius 1 is 1.14 bits per heavy atom. The Hall–Kier alpha value is -2.33. The van der Waals surface area contributed by atoms with Crippen LogP contribution in [-0.2, 0) is 11.3 Å². The molecule has 114 valence electrons. The van der Waals surface area contributed by atoms with Gasteiger partial charge in [0.2, 0.25) is 5.91 Å². The first-order valence-electron chi connectivity index (χ1n) is 6.77. The minimum absolute atomic E-state index is 0.0995. The largest absolute Gasteiger partial charge is 0.421 e. The second-order valence-corrected chi connectivity index (χ2v) is 5.34. The van der Waals surface area contributed by atoms with Crippen molar-refractivity contribution in [3.8, 4) is 5.75 Å². The summed E-state index contributed by atoms with van der Waals surface area (Å²) in [6.07, 6.45) is 0. The molecule has 0 aliphatic heterocycles. The normalized spacial score (nSPS) is 10.1. The van der Waals surface area contributed by atoms with Crippen molar-refractivity contribution in [2.45, 2.75) is 20.4 Å². The minimum Gasteiger partial charge on any atom is -0.421 e. The highest BCUT2D eigenvalue weighted by Gasteiger charge is 2.11. The molecule has 0 aliphatic rings. The predicted molar refractivity (Wildman–Crippen MR) is 85.1 cm³/mol. The lowest BCUT2D eigenvalue weighted by Crippen LogP contribution is -2.19. The number of nitrogens with one attached hydrogen (secondary N) is 1. The summed E-state index contributed by atoms with van der Waals surface area (Å²) < 4.78 is 5.31. The van der Waals surface area contributed by atoms with Crippen molar-refractivity contribution in [3.05, 3.63) is 64.2 Å². The van der Waals surface area contributed by atoms with Crippen molar-refractivity contribution in [3.63, 3.8) is 0 Å². The predicted octanol–water partition coefficient (Wildman–Crippen LogP) is 3.50. The van der Waals surface area contributed by atoms with E-state index in [-0.39, 0.29) is 5.91 Å². The number of carbonyl (C=O) groups excluding carboxylic acids is 2. The van der Waals surface area contributed by atoms with Crippen LogP contribution in [0.5, 0.6) is 5.75 Å². The second-order valence-electron chi connectivity index (χ2n) is 4.93. The molecule has 0 fully saturated rings. The molecule has 1 N–H and O–H groups in total. The van der Waals surface area contributed by atoms with Gasteiger partial charge in [-0.3, -0.25) is 4.79 Å². The Bertz CT molecular complexity index is 696. The summed E-state index contributed by atoms with van der Waals surface area (Å²) in [5, 5.41) is 3.08. The maximum absolute atomic E-state index is 12.1. The molecule has 0 aromatic heterocycles. The number of esters is 1. The van der Waals surface area contributed by atoms with Crippen LogP contribution in [0.2, 0.25) is 5.02 Å². The van der Waals surface area contributed by atoms with Gasteiger partial charge in [-0.2, -0.15) is 0 Å². The van der Waals surface area contributed by atoms with Gasteiger partial charge in [0.15, 0.2) is 0 Å². The van der Waals surface area contributed by atoms with E-state index in [1.54, 1.807) is 36.4 Å². The van der Waals surface area contributed by atoms with Crippen LogP contribution < -0.4 is 10.1 Å². The molecular formula is C17H16ClNO3. The average molecular weight is 318 g/mol.